The van der Waals surface area contributed by atoms with Crippen LogP contribution >= 0.6 is 0 Å². The Morgan fingerprint density at radius 2 is 1.94 bits per heavy atom. The van der Waals surface area contributed by atoms with Gasteiger partial charge in [-0.2, -0.15) is 0 Å². The van der Waals surface area contributed by atoms with Crippen LogP contribution < -0.4 is 0 Å². The highest BCUT2D eigenvalue weighted by atomic mass is 16.6. The van der Waals surface area contributed by atoms with E-state index in [2.05, 4.69) is 10.2 Å². The molecule has 1 aromatic carbocycles. The number of nitrogens with zero attached hydrogens (tertiary/aromatic N) is 3. The second kappa shape index (κ2) is 4.56. The molecule has 6 heteroatoms. The molecule has 0 spiro atoms. The van der Waals surface area contributed by atoms with Crippen molar-refractivity contribution in [2.75, 3.05) is 0 Å². The first-order chi connectivity index (χ1) is 8.15. The third kappa shape index (κ3) is 2.75. The molecule has 0 aliphatic heterocycles. The Labute approximate surface area is 96.7 Å². The Bertz CT molecular complexity index is 558. The van der Waals surface area contributed by atoms with Gasteiger partial charge in [0, 0.05) is 25.1 Å². The van der Waals surface area contributed by atoms with Crippen molar-refractivity contribution in [3.05, 3.63) is 51.7 Å². The van der Waals surface area contributed by atoms with Crippen LogP contribution in [-0.4, -0.2) is 15.1 Å². The molecule has 2 aromatic rings. The molecule has 0 atom stereocenters. The van der Waals surface area contributed by atoms with E-state index in [9.17, 15) is 10.1 Å². The molecule has 0 fully saturated rings. The van der Waals surface area contributed by atoms with Gasteiger partial charge in [-0.25, -0.2) is 0 Å². The first kappa shape index (κ1) is 11.0. The fourth-order valence-electron chi connectivity index (χ4n) is 1.25. The van der Waals surface area contributed by atoms with Crippen LogP contribution in [0.15, 0.2) is 28.7 Å². The third-order valence-electron chi connectivity index (χ3n) is 2.06. The lowest BCUT2D eigenvalue weighted by molar-refractivity contribution is -0.384. The van der Waals surface area contributed by atoms with Crippen molar-refractivity contribution in [1.29, 1.82) is 0 Å². The maximum atomic E-state index is 10.4. The SMILES string of the molecule is Cc1nnc(C=Cc2ccc([N+](=O)[O-])cc2)o1. The van der Waals surface area contributed by atoms with E-state index in [4.69, 9.17) is 4.42 Å². The molecule has 0 aliphatic carbocycles. The number of benzene rings is 1. The molecule has 6 nitrogen and oxygen atoms in total. The normalized spacial score (nSPS) is 10.9. The summed E-state index contributed by atoms with van der Waals surface area (Å²) in [6, 6.07) is 6.19. The average molecular weight is 231 g/mol. The third-order valence-corrected chi connectivity index (χ3v) is 2.06. The van der Waals surface area contributed by atoms with Crippen molar-refractivity contribution in [3.8, 4) is 0 Å². The van der Waals surface area contributed by atoms with Crippen LogP contribution in [-0.2, 0) is 0 Å². The van der Waals surface area contributed by atoms with E-state index >= 15 is 0 Å². The summed E-state index contributed by atoms with van der Waals surface area (Å²) in [5, 5.41) is 17.9. The molecule has 0 saturated heterocycles. The van der Waals surface area contributed by atoms with Crippen LogP contribution in [0.25, 0.3) is 12.2 Å². The van der Waals surface area contributed by atoms with Crippen LogP contribution in [0.1, 0.15) is 17.3 Å². The van der Waals surface area contributed by atoms with Gasteiger partial charge in [0.15, 0.2) is 0 Å². The molecule has 1 heterocycles. The van der Waals surface area contributed by atoms with Gasteiger partial charge in [0.25, 0.3) is 5.69 Å². The number of aryl methyl sites for hydroxylation is 1. The number of rotatable bonds is 3. The van der Waals surface area contributed by atoms with Gasteiger partial charge in [-0.05, 0) is 23.8 Å². The lowest BCUT2D eigenvalue weighted by Gasteiger charge is -1.92. The molecule has 0 N–H and O–H groups in total. The average Bonchev–Trinajstić information content (AvgIpc) is 2.73. The van der Waals surface area contributed by atoms with Crippen LogP contribution in [0.5, 0.6) is 0 Å². The number of nitro groups is 1. The second-order valence-corrected chi connectivity index (χ2v) is 3.34. The number of hydrogen-bond donors (Lipinski definition) is 0. The zero-order chi connectivity index (χ0) is 12.3. The molecule has 0 bridgehead atoms. The van der Waals surface area contributed by atoms with Crippen molar-refractivity contribution in [1.82, 2.24) is 10.2 Å². The molecule has 17 heavy (non-hydrogen) atoms. The Morgan fingerprint density at radius 3 is 2.47 bits per heavy atom. The van der Waals surface area contributed by atoms with Gasteiger partial charge in [0.1, 0.15) is 0 Å². The molecule has 0 saturated carbocycles. The Hall–Kier alpha value is -2.50. The lowest BCUT2D eigenvalue weighted by Crippen LogP contribution is -1.86. The van der Waals surface area contributed by atoms with E-state index in [1.807, 2.05) is 0 Å². The molecule has 86 valence electrons. The summed E-state index contributed by atoms with van der Waals surface area (Å²) in [6.07, 6.45) is 3.40. The van der Waals surface area contributed by atoms with Gasteiger partial charge >= 0.3 is 0 Å². The van der Waals surface area contributed by atoms with Crippen molar-refractivity contribution >= 4 is 17.8 Å². The minimum absolute atomic E-state index is 0.0655. The number of aromatic nitrogens is 2. The lowest BCUT2D eigenvalue weighted by atomic mass is 10.2. The van der Waals surface area contributed by atoms with E-state index in [-0.39, 0.29) is 5.69 Å². The summed E-state index contributed by atoms with van der Waals surface area (Å²) < 4.78 is 5.15. The molecular weight excluding hydrogens is 222 g/mol. The fourth-order valence-corrected chi connectivity index (χ4v) is 1.25. The van der Waals surface area contributed by atoms with Gasteiger partial charge < -0.3 is 4.42 Å². The van der Waals surface area contributed by atoms with Crippen molar-refractivity contribution in [3.63, 3.8) is 0 Å². The number of hydrogen-bond acceptors (Lipinski definition) is 5. The minimum Gasteiger partial charge on any atom is -0.422 e. The van der Waals surface area contributed by atoms with Gasteiger partial charge in [0.05, 0.1) is 4.92 Å². The number of non-ortho nitro benzene ring substituents is 1. The Kier molecular flexibility index (Phi) is 2.95. The fraction of sp³-hybridized carbons (Fsp3) is 0.0909. The predicted octanol–water partition coefficient (Wildman–Crippen LogP) is 2.46. The highest BCUT2D eigenvalue weighted by Crippen LogP contribution is 2.13. The predicted molar refractivity (Wildman–Crippen MR) is 61.1 cm³/mol. The van der Waals surface area contributed by atoms with Gasteiger partial charge in [-0.15, -0.1) is 10.2 Å². The zero-order valence-corrected chi connectivity index (χ0v) is 9.03. The van der Waals surface area contributed by atoms with E-state index < -0.39 is 4.92 Å². The highest BCUT2D eigenvalue weighted by molar-refractivity contribution is 5.66. The summed E-state index contributed by atoms with van der Waals surface area (Å²) in [5.41, 5.74) is 0.891. The van der Waals surface area contributed by atoms with Gasteiger partial charge in [-0.1, -0.05) is 0 Å². The van der Waals surface area contributed by atoms with Crippen LogP contribution in [0.2, 0.25) is 0 Å². The van der Waals surface area contributed by atoms with Crippen molar-refractivity contribution in [2.24, 2.45) is 0 Å². The molecule has 2 rings (SSSR count). The van der Waals surface area contributed by atoms with Crippen molar-refractivity contribution < 1.29 is 9.34 Å². The smallest absolute Gasteiger partial charge is 0.269 e. The summed E-state index contributed by atoms with van der Waals surface area (Å²) in [6.45, 7) is 1.70. The second-order valence-electron chi connectivity index (χ2n) is 3.34. The summed E-state index contributed by atoms with van der Waals surface area (Å²) in [4.78, 5) is 10.0. The van der Waals surface area contributed by atoms with E-state index in [0.29, 0.717) is 11.8 Å². The molecule has 1 aromatic heterocycles. The standard InChI is InChI=1S/C11H9N3O3/c1-8-12-13-11(17-8)7-4-9-2-5-10(6-3-9)14(15)16/h2-7H,1H3. The molecule has 0 amide bonds. The first-order valence-electron chi connectivity index (χ1n) is 4.88. The molecular formula is C11H9N3O3. The van der Waals surface area contributed by atoms with Gasteiger partial charge in [0.2, 0.25) is 11.8 Å². The quantitative estimate of drug-likeness (QED) is 0.598. The molecule has 0 radical (unpaired) electrons. The van der Waals surface area contributed by atoms with Gasteiger partial charge in [-0.3, -0.25) is 10.1 Å². The van der Waals surface area contributed by atoms with E-state index in [1.54, 1.807) is 31.2 Å². The minimum atomic E-state index is -0.436. The Morgan fingerprint density at radius 1 is 1.24 bits per heavy atom. The summed E-state index contributed by atoms with van der Waals surface area (Å²) >= 11 is 0. The van der Waals surface area contributed by atoms with E-state index in [1.165, 1.54) is 12.1 Å². The first-order valence-corrected chi connectivity index (χ1v) is 4.88. The summed E-state index contributed by atoms with van der Waals surface area (Å²) in [7, 11) is 0. The Balaban J connectivity index is 2.13. The monoisotopic (exact) mass is 231 g/mol. The van der Waals surface area contributed by atoms with Crippen LogP contribution in [0.4, 0.5) is 5.69 Å². The maximum absolute atomic E-state index is 10.4. The number of nitro benzene ring substituents is 1. The van der Waals surface area contributed by atoms with Crippen molar-refractivity contribution in [2.45, 2.75) is 6.92 Å². The van der Waals surface area contributed by atoms with Crippen LogP contribution in [0.3, 0.4) is 0 Å². The van der Waals surface area contributed by atoms with E-state index in [0.717, 1.165) is 5.56 Å². The summed E-state index contributed by atoms with van der Waals surface area (Å²) in [5.74, 6) is 0.897. The van der Waals surface area contributed by atoms with Crippen LogP contribution in [0, 0.1) is 17.0 Å². The maximum Gasteiger partial charge on any atom is 0.269 e. The zero-order valence-electron chi connectivity index (χ0n) is 9.03. The largest absolute Gasteiger partial charge is 0.422 e. The topological polar surface area (TPSA) is 82.1 Å². The highest BCUT2D eigenvalue weighted by Gasteiger charge is 2.02. The molecule has 0 aliphatic rings. The molecule has 0 unspecified atom stereocenters.